The van der Waals surface area contributed by atoms with E-state index in [2.05, 4.69) is 25.6 Å². The summed E-state index contributed by atoms with van der Waals surface area (Å²) in [5.74, 6) is 0. The number of aromatic nitrogens is 1. The summed E-state index contributed by atoms with van der Waals surface area (Å²) in [4.78, 5) is 3.79. The van der Waals surface area contributed by atoms with Crippen LogP contribution in [-0.2, 0) is 10.0 Å². The van der Waals surface area contributed by atoms with E-state index < -0.39 is 10.0 Å². The van der Waals surface area contributed by atoms with Gasteiger partial charge >= 0.3 is 0 Å². The molecule has 7 heteroatoms. The lowest BCUT2D eigenvalue weighted by molar-refractivity contribution is 0.407. The second kappa shape index (κ2) is 5.22. The van der Waals surface area contributed by atoms with E-state index in [0.717, 1.165) is 0 Å². The summed E-state index contributed by atoms with van der Waals surface area (Å²) in [6.45, 7) is 6.16. The van der Waals surface area contributed by atoms with Gasteiger partial charge in [-0.3, -0.25) is 0 Å². The van der Waals surface area contributed by atoms with Crippen LogP contribution in [0.4, 0.5) is 0 Å². The predicted molar refractivity (Wildman–Crippen MR) is 71.6 cm³/mol. The van der Waals surface area contributed by atoms with Gasteiger partial charge in [0.05, 0.1) is 0 Å². The van der Waals surface area contributed by atoms with Crippen LogP contribution in [0, 0.1) is 5.41 Å². The number of rotatable bonds is 3. The van der Waals surface area contributed by atoms with E-state index in [4.69, 9.17) is 11.6 Å². The molecule has 1 aromatic heterocycles. The van der Waals surface area contributed by atoms with Gasteiger partial charge < -0.3 is 0 Å². The highest BCUT2D eigenvalue weighted by Gasteiger charge is 2.20. The Morgan fingerprint density at radius 2 is 2.00 bits per heavy atom. The Morgan fingerprint density at radius 1 is 1.41 bits per heavy atom. The molecule has 0 spiro atoms. The molecule has 1 rings (SSSR count). The average Bonchev–Trinajstić information content (AvgIpc) is 2.12. The molecule has 0 aliphatic carbocycles. The Bertz CT molecular complexity index is 491. The third kappa shape index (κ3) is 4.91. The van der Waals surface area contributed by atoms with Crippen molar-refractivity contribution in [2.45, 2.75) is 25.8 Å². The van der Waals surface area contributed by atoms with Crippen molar-refractivity contribution < 1.29 is 8.42 Å². The van der Waals surface area contributed by atoms with E-state index >= 15 is 0 Å². The van der Waals surface area contributed by atoms with Crippen LogP contribution in [0.5, 0.6) is 0 Å². The van der Waals surface area contributed by atoms with Gasteiger partial charge in [0.25, 0.3) is 10.0 Å². The van der Waals surface area contributed by atoms with Crippen LogP contribution in [0.2, 0.25) is 5.15 Å². The zero-order valence-corrected chi connectivity index (χ0v) is 12.9. The van der Waals surface area contributed by atoms with Gasteiger partial charge in [0.2, 0.25) is 0 Å². The number of pyridine rings is 1. The smallest absolute Gasteiger partial charge is 0.223 e. The molecule has 0 saturated carbocycles. The largest absolute Gasteiger partial charge is 0.258 e. The molecule has 0 atom stereocenters. The lowest BCUT2D eigenvalue weighted by atomic mass is 9.98. The first-order valence-electron chi connectivity index (χ1n) is 4.93. The lowest BCUT2D eigenvalue weighted by Crippen LogP contribution is -2.32. The van der Waals surface area contributed by atoms with E-state index in [9.17, 15) is 8.42 Å². The van der Waals surface area contributed by atoms with Gasteiger partial charge in [0, 0.05) is 11.0 Å². The maximum absolute atomic E-state index is 11.9. The summed E-state index contributed by atoms with van der Waals surface area (Å²) < 4.78 is 26.9. The zero-order chi connectivity index (χ0) is 13.3. The molecule has 0 unspecified atom stereocenters. The maximum atomic E-state index is 11.9. The topological polar surface area (TPSA) is 59.1 Å². The van der Waals surface area contributed by atoms with Crippen molar-refractivity contribution in [3.05, 3.63) is 21.8 Å². The van der Waals surface area contributed by atoms with Gasteiger partial charge in [-0.2, -0.15) is 0 Å². The Kier molecular flexibility index (Phi) is 4.57. The van der Waals surface area contributed by atoms with E-state index in [1.165, 1.54) is 12.1 Å². The molecule has 0 aliphatic rings. The molecule has 0 aromatic carbocycles. The quantitative estimate of drug-likeness (QED) is 0.860. The molecular weight excluding hydrogens is 328 g/mol. The van der Waals surface area contributed by atoms with E-state index in [-0.39, 0.29) is 15.6 Å². The number of hydrogen-bond donors (Lipinski definition) is 1. The molecule has 1 N–H and O–H groups in total. The lowest BCUT2D eigenvalue weighted by Gasteiger charge is -2.18. The van der Waals surface area contributed by atoms with Crippen LogP contribution in [0.1, 0.15) is 20.8 Å². The van der Waals surface area contributed by atoms with E-state index in [1.54, 1.807) is 0 Å². The van der Waals surface area contributed by atoms with Gasteiger partial charge in [-0.25, -0.2) is 18.1 Å². The summed E-state index contributed by atoms with van der Waals surface area (Å²) in [5.41, 5.74) is -0.136. The van der Waals surface area contributed by atoms with Gasteiger partial charge in [-0.1, -0.05) is 48.3 Å². The zero-order valence-electron chi connectivity index (χ0n) is 9.79. The number of halogens is 2. The fraction of sp³-hybridized carbons (Fsp3) is 0.500. The molecule has 0 bridgehead atoms. The van der Waals surface area contributed by atoms with Crippen LogP contribution in [-0.4, -0.2) is 19.9 Å². The van der Waals surface area contributed by atoms with Crippen LogP contribution in [0.15, 0.2) is 21.6 Å². The van der Waals surface area contributed by atoms with Crippen molar-refractivity contribution in [2.75, 3.05) is 6.54 Å². The number of hydrogen-bond acceptors (Lipinski definition) is 3. The first-order chi connectivity index (χ1) is 7.60. The van der Waals surface area contributed by atoms with Gasteiger partial charge in [0.1, 0.15) is 5.15 Å². The fourth-order valence-electron chi connectivity index (χ4n) is 0.966. The molecule has 0 fully saturated rings. The number of nitrogens with zero attached hydrogens (tertiary/aromatic N) is 1. The Balaban J connectivity index is 2.98. The van der Waals surface area contributed by atoms with Gasteiger partial charge in [-0.15, -0.1) is 0 Å². The van der Waals surface area contributed by atoms with Gasteiger partial charge in [0.15, 0.2) is 5.03 Å². The van der Waals surface area contributed by atoms with Crippen LogP contribution >= 0.6 is 27.5 Å². The van der Waals surface area contributed by atoms with Crippen molar-refractivity contribution in [1.82, 2.24) is 9.71 Å². The number of nitrogens with one attached hydrogen (secondary N) is 1. The third-order valence-corrected chi connectivity index (χ3v) is 3.74. The molecule has 0 aliphatic heterocycles. The second-order valence-corrected chi connectivity index (χ2v) is 7.85. The molecule has 1 aromatic rings. The molecule has 0 saturated heterocycles. The first kappa shape index (κ1) is 14.9. The Morgan fingerprint density at radius 3 is 2.47 bits per heavy atom. The summed E-state index contributed by atoms with van der Waals surface area (Å²) >= 11 is 8.89. The third-order valence-electron chi connectivity index (χ3n) is 1.80. The average molecular weight is 342 g/mol. The monoisotopic (exact) mass is 340 g/mol. The summed E-state index contributed by atoms with van der Waals surface area (Å²) in [7, 11) is -3.61. The molecule has 4 nitrogen and oxygen atoms in total. The van der Waals surface area contributed by atoms with Crippen LogP contribution in [0.25, 0.3) is 0 Å². The molecule has 17 heavy (non-hydrogen) atoms. The molecule has 96 valence electrons. The predicted octanol–water partition coefficient (Wildman–Crippen LogP) is 2.82. The summed E-state index contributed by atoms with van der Waals surface area (Å²) in [6.07, 6.45) is 0. The molecular formula is C10H14BrClN2O2S. The molecule has 1 heterocycles. The highest BCUT2D eigenvalue weighted by molar-refractivity contribution is 9.10. The van der Waals surface area contributed by atoms with E-state index in [1.807, 2.05) is 20.8 Å². The fourth-order valence-corrected chi connectivity index (χ4v) is 3.21. The van der Waals surface area contributed by atoms with Crippen LogP contribution in [0.3, 0.4) is 0 Å². The first-order valence-corrected chi connectivity index (χ1v) is 7.58. The summed E-state index contributed by atoms with van der Waals surface area (Å²) in [5, 5.41) is 0.0524. The molecule has 0 amide bonds. The van der Waals surface area contributed by atoms with Crippen molar-refractivity contribution in [3.63, 3.8) is 0 Å². The standard InChI is InChI=1S/C10H14BrClN2O2S/c1-10(2,3)6-13-17(15,16)9-5-7(11)4-8(12)14-9/h4-5,13H,6H2,1-3H3. The maximum Gasteiger partial charge on any atom is 0.258 e. The highest BCUT2D eigenvalue weighted by Crippen LogP contribution is 2.20. The van der Waals surface area contributed by atoms with Gasteiger partial charge in [-0.05, 0) is 17.5 Å². The van der Waals surface area contributed by atoms with Crippen molar-refractivity contribution in [3.8, 4) is 0 Å². The Labute approximate surface area is 115 Å². The SMILES string of the molecule is CC(C)(C)CNS(=O)(=O)c1cc(Br)cc(Cl)n1. The Hall–Kier alpha value is -0.170. The number of sulfonamides is 1. The molecule has 0 radical (unpaired) electrons. The van der Waals surface area contributed by atoms with E-state index in [0.29, 0.717) is 11.0 Å². The minimum Gasteiger partial charge on any atom is -0.223 e. The highest BCUT2D eigenvalue weighted by atomic mass is 79.9. The minimum atomic E-state index is -3.61. The minimum absolute atomic E-state index is 0.0823. The van der Waals surface area contributed by atoms with Crippen molar-refractivity contribution in [2.24, 2.45) is 5.41 Å². The van der Waals surface area contributed by atoms with Crippen molar-refractivity contribution >= 4 is 37.6 Å². The summed E-state index contributed by atoms with van der Waals surface area (Å²) in [6, 6.07) is 2.95. The van der Waals surface area contributed by atoms with Crippen LogP contribution < -0.4 is 4.72 Å². The van der Waals surface area contributed by atoms with Crippen molar-refractivity contribution in [1.29, 1.82) is 0 Å². The normalized spacial score (nSPS) is 12.8. The second-order valence-electron chi connectivity index (χ2n) is 4.83.